The fourth-order valence-electron chi connectivity index (χ4n) is 3.89. The highest BCUT2D eigenvalue weighted by atomic mass is 32.1. The second-order valence-corrected chi connectivity index (χ2v) is 7.40. The molecule has 3 aromatic rings. The Morgan fingerprint density at radius 1 is 1.25 bits per heavy atom. The van der Waals surface area contributed by atoms with E-state index in [1.807, 2.05) is 31.4 Å². The molecule has 0 spiro atoms. The number of carbonyl (C=O) groups is 1. The predicted molar refractivity (Wildman–Crippen MR) is 108 cm³/mol. The van der Waals surface area contributed by atoms with Gasteiger partial charge in [-0.05, 0) is 38.0 Å². The lowest BCUT2D eigenvalue weighted by Crippen LogP contribution is -2.15. The summed E-state index contributed by atoms with van der Waals surface area (Å²) in [5.74, 6) is 1.00. The monoisotopic (exact) mass is 398 g/mol. The Bertz CT molecular complexity index is 1040. The zero-order chi connectivity index (χ0) is 19.8. The zero-order valence-corrected chi connectivity index (χ0v) is 17.2. The van der Waals surface area contributed by atoms with Crippen LogP contribution in [0.25, 0.3) is 21.8 Å². The molecule has 1 aliphatic heterocycles. The highest BCUT2D eigenvalue weighted by Crippen LogP contribution is 2.45. The summed E-state index contributed by atoms with van der Waals surface area (Å²) < 4.78 is 18.6. The van der Waals surface area contributed by atoms with E-state index in [-0.39, 0.29) is 5.97 Å². The van der Waals surface area contributed by atoms with Crippen LogP contribution in [0.15, 0.2) is 23.7 Å². The van der Waals surface area contributed by atoms with Crippen molar-refractivity contribution in [3.05, 3.63) is 40.5 Å². The van der Waals surface area contributed by atoms with Crippen molar-refractivity contribution < 1.29 is 19.0 Å². The second-order valence-electron chi connectivity index (χ2n) is 6.51. The Balaban J connectivity index is 2.03. The van der Waals surface area contributed by atoms with Gasteiger partial charge in [0, 0.05) is 34.9 Å². The topological polar surface area (TPSA) is 62.6 Å². The minimum Gasteiger partial charge on any atom is -0.493 e. The quantitative estimate of drug-likeness (QED) is 0.599. The van der Waals surface area contributed by atoms with Gasteiger partial charge in [-0.1, -0.05) is 0 Å². The molecule has 2 aromatic heterocycles. The summed E-state index contributed by atoms with van der Waals surface area (Å²) in [6.07, 6.45) is 2.60. The van der Waals surface area contributed by atoms with Gasteiger partial charge >= 0.3 is 5.97 Å². The number of hydrogen-bond donors (Lipinski definition) is 0. The minimum atomic E-state index is -0.327. The molecule has 1 aliphatic rings. The van der Waals surface area contributed by atoms with Crippen LogP contribution in [0.5, 0.6) is 11.5 Å². The van der Waals surface area contributed by atoms with Crippen LogP contribution in [0.2, 0.25) is 0 Å². The Labute approximate surface area is 167 Å². The lowest BCUT2D eigenvalue weighted by Gasteiger charge is -2.23. The van der Waals surface area contributed by atoms with Crippen LogP contribution in [0.4, 0.5) is 0 Å². The van der Waals surface area contributed by atoms with Crippen molar-refractivity contribution >= 4 is 17.3 Å². The van der Waals surface area contributed by atoms with Gasteiger partial charge in [-0.25, -0.2) is 9.78 Å². The van der Waals surface area contributed by atoms with E-state index in [1.54, 1.807) is 20.4 Å². The Morgan fingerprint density at radius 2 is 2.00 bits per heavy atom. The molecule has 0 saturated heterocycles. The highest BCUT2D eigenvalue weighted by Gasteiger charge is 2.33. The number of esters is 1. The van der Waals surface area contributed by atoms with Crippen LogP contribution >= 0.6 is 11.3 Å². The smallest absolute Gasteiger partial charge is 0.341 e. The van der Waals surface area contributed by atoms with Crippen LogP contribution in [0.3, 0.4) is 0 Å². The number of carbonyl (C=O) groups excluding carboxylic acids is 1. The molecule has 28 heavy (non-hydrogen) atoms. The zero-order valence-electron chi connectivity index (χ0n) is 16.4. The molecule has 0 atom stereocenters. The number of nitrogens with zero attached hydrogens (tertiary/aromatic N) is 2. The van der Waals surface area contributed by atoms with Crippen LogP contribution in [0, 0.1) is 6.92 Å². The normalized spacial score (nSPS) is 12.3. The summed E-state index contributed by atoms with van der Waals surface area (Å²) in [7, 11) is 3.25. The first-order valence-electron chi connectivity index (χ1n) is 9.16. The molecule has 0 radical (unpaired) electrons. The maximum absolute atomic E-state index is 13.0. The summed E-state index contributed by atoms with van der Waals surface area (Å²) in [6.45, 7) is 4.95. The van der Waals surface area contributed by atoms with Gasteiger partial charge in [0.25, 0.3) is 0 Å². The van der Waals surface area contributed by atoms with Gasteiger partial charge in [-0.3, -0.25) is 0 Å². The molecular formula is C21H22N2O4S. The van der Waals surface area contributed by atoms with E-state index in [0.717, 1.165) is 46.1 Å². The van der Waals surface area contributed by atoms with Gasteiger partial charge < -0.3 is 18.8 Å². The molecule has 146 valence electrons. The molecule has 1 aromatic carbocycles. The van der Waals surface area contributed by atoms with E-state index in [9.17, 15) is 4.79 Å². The number of methoxy groups -OCH3 is 2. The van der Waals surface area contributed by atoms with Crippen molar-refractivity contribution in [3.8, 4) is 33.3 Å². The van der Waals surface area contributed by atoms with E-state index in [0.29, 0.717) is 23.7 Å². The van der Waals surface area contributed by atoms with E-state index >= 15 is 0 Å². The molecular weight excluding hydrogens is 376 g/mol. The van der Waals surface area contributed by atoms with E-state index < -0.39 is 0 Å². The lowest BCUT2D eigenvalue weighted by molar-refractivity contribution is 0.0528. The number of rotatable bonds is 5. The van der Waals surface area contributed by atoms with Crippen LogP contribution in [-0.4, -0.2) is 36.3 Å². The molecule has 6 nitrogen and oxygen atoms in total. The van der Waals surface area contributed by atoms with Gasteiger partial charge in [-0.15, -0.1) is 11.3 Å². The van der Waals surface area contributed by atoms with Crippen molar-refractivity contribution in [2.75, 3.05) is 20.8 Å². The first kappa shape index (κ1) is 18.6. The SMILES string of the molecule is CCOC(=O)c1c(-c2nccs2)c(C)n2c1-c1cc(OC)c(OC)cc1CC2. The number of aromatic nitrogens is 2. The van der Waals surface area contributed by atoms with Gasteiger partial charge in [0.2, 0.25) is 0 Å². The Hall–Kier alpha value is -2.80. The molecule has 3 heterocycles. The molecule has 0 N–H and O–H groups in total. The van der Waals surface area contributed by atoms with Crippen molar-refractivity contribution in [2.24, 2.45) is 0 Å². The number of benzene rings is 1. The molecule has 0 aliphatic carbocycles. The van der Waals surface area contributed by atoms with Gasteiger partial charge in [-0.2, -0.15) is 0 Å². The minimum absolute atomic E-state index is 0.318. The summed E-state index contributed by atoms with van der Waals surface area (Å²) in [5.41, 5.74) is 5.40. The van der Waals surface area contributed by atoms with Crippen molar-refractivity contribution in [2.45, 2.75) is 26.8 Å². The van der Waals surface area contributed by atoms with Crippen molar-refractivity contribution in [3.63, 3.8) is 0 Å². The fraction of sp³-hybridized carbons (Fsp3) is 0.333. The first-order chi connectivity index (χ1) is 13.6. The summed E-state index contributed by atoms with van der Waals surface area (Å²) in [6, 6.07) is 3.95. The van der Waals surface area contributed by atoms with E-state index in [4.69, 9.17) is 14.2 Å². The molecule has 7 heteroatoms. The molecule has 0 bridgehead atoms. The molecule has 0 fully saturated rings. The predicted octanol–water partition coefficient (Wildman–Crippen LogP) is 4.34. The maximum atomic E-state index is 13.0. The average molecular weight is 398 g/mol. The van der Waals surface area contributed by atoms with E-state index in [2.05, 4.69) is 9.55 Å². The van der Waals surface area contributed by atoms with Crippen molar-refractivity contribution in [1.82, 2.24) is 9.55 Å². The fourth-order valence-corrected chi connectivity index (χ4v) is 4.63. The van der Waals surface area contributed by atoms with E-state index in [1.165, 1.54) is 11.3 Å². The number of thiazole rings is 1. The largest absolute Gasteiger partial charge is 0.493 e. The Kier molecular flexibility index (Phi) is 4.85. The number of hydrogen-bond acceptors (Lipinski definition) is 6. The van der Waals surface area contributed by atoms with Gasteiger partial charge in [0.15, 0.2) is 11.5 Å². The first-order valence-corrected chi connectivity index (χ1v) is 10.0. The summed E-state index contributed by atoms with van der Waals surface area (Å²) in [4.78, 5) is 17.5. The third-order valence-electron chi connectivity index (χ3n) is 5.12. The van der Waals surface area contributed by atoms with Gasteiger partial charge in [0.1, 0.15) is 5.01 Å². The average Bonchev–Trinajstić information content (AvgIpc) is 3.33. The van der Waals surface area contributed by atoms with Crippen LogP contribution < -0.4 is 9.47 Å². The van der Waals surface area contributed by atoms with Crippen LogP contribution in [-0.2, 0) is 17.7 Å². The second kappa shape index (κ2) is 7.31. The number of aryl methyl sites for hydroxylation is 1. The molecule has 4 rings (SSSR count). The molecule has 0 unspecified atom stereocenters. The maximum Gasteiger partial charge on any atom is 0.341 e. The third-order valence-corrected chi connectivity index (χ3v) is 5.91. The lowest BCUT2D eigenvalue weighted by atomic mass is 9.94. The molecule has 0 saturated carbocycles. The number of fused-ring (bicyclic) bond motifs is 3. The summed E-state index contributed by atoms with van der Waals surface area (Å²) >= 11 is 1.52. The standard InChI is InChI=1S/C21H22N2O4S/c1-5-27-21(24)18-17(20-22-7-9-28-20)12(2)23-8-6-13-10-15(25-3)16(26-4)11-14(13)19(18)23/h7,9-11H,5-6,8H2,1-4H3. The van der Waals surface area contributed by atoms with Gasteiger partial charge in [0.05, 0.1) is 32.1 Å². The summed E-state index contributed by atoms with van der Waals surface area (Å²) in [5, 5.41) is 2.74. The van der Waals surface area contributed by atoms with Crippen molar-refractivity contribution in [1.29, 1.82) is 0 Å². The highest BCUT2D eigenvalue weighted by molar-refractivity contribution is 7.13. The molecule has 0 amide bonds. The third kappa shape index (κ3) is 2.77. The van der Waals surface area contributed by atoms with Crippen LogP contribution in [0.1, 0.15) is 28.5 Å². The number of ether oxygens (including phenoxy) is 3. The Morgan fingerprint density at radius 3 is 2.64 bits per heavy atom.